The van der Waals surface area contributed by atoms with Gasteiger partial charge >= 0.3 is 0 Å². The summed E-state index contributed by atoms with van der Waals surface area (Å²) in [7, 11) is 1.99. The Labute approximate surface area is 137 Å². The molecule has 0 bridgehead atoms. The maximum Gasteiger partial charge on any atom is 0.0624 e. The number of benzene rings is 1. The molecule has 0 aliphatic rings. The van der Waals surface area contributed by atoms with Crippen LogP contribution in [0.3, 0.4) is 0 Å². The summed E-state index contributed by atoms with van der Waals surface area (Å²) in [5.41, 5.74) is 4.49. The number of aryl methyl sites for hydroxylation is 3. The van der Waals surface area contributed by atoms with Crippen LogP contribution in [0.15, 0.2) is 30.3 Å². The molecule has 0 saturated heterocycles. The van der Waals surface area contributed by atoms with Crippen LogP contribution in [0, 0.1) is 6.92 Å². The normalized spacial score (nSPS) is 11.9. The average Bonchev–Trinajstić information content (AvgIpc) is 2.86. The molecule has 0 unspecified atom stereocenters. The highest BCUT2D eigenvalue weighted by Crippen LogP contribution is 2.33. The molecule has 0 aliphatic heterocycles. The number of nitrogens with zero attached hydrogens (tertiary/aromatic N) is 2. The zero-order valence-corrected chi connectivity index (χ0v) is 14.4. The lowest BCUT2D eigenvalue weighted by Crippen LogP contribution is -2.35. The topological polar surface area (TPSA) is 17.8 Å². The van der Waals surface area contributed by atoms with Gasteiger partial charge in [-0.1, -0.05) is 31.2 Å². The fourth-order valence-electron chi connectivity index (χ4n) is 2.79. The van der Waals surface area contributed by atoms with Gasteiger partial charge in [-0.2, -0.15) is 5.10 Å². The highest BCUT2D eigenvalue weighted by atomic mass is 35.5. The summed E-state index contributed by atoms with van der Waals surface area (Å²) in [5.74, 6) is 0.988. The molecule has 0 saturated carbocycles. The zero-order valence-electron chi connectivity index (χ0n) is 12.9. The first-order chi connectivity index (χ1) is 10.1. The van der Waals surface area contributed by atoms with Crippen molar-refractivity contribution in [1.29, 1.82) is 0 Å². The van der Waals surface area contributed by atoms with E-state index >= 15 is 0 Å². The van der Waals surface area contributed by atoms with Gasteiger partial charge < -0.3 is 0 Å². The van der Waals surface area contributed by atoms with Gasteiger partial charge in [0, 0.05) is 36.3 Å². The van der Waals surface area contributed by atoms with Crippen molar-refractivity contribution < 1.29 is 0 Å². The van der Waals surface area contributed by atoms with Crippen LogP contribution >= 0.6 is 23.2 Å². The lowest BCUT2D eigenvalue weighted by atomic mass is 9.78. The highest BCUT2D eigenvalue weighted by molar-refractivity contribution is 6.22. The van der Waals surface area contributed by atoms with Crippen LogP contribution in [0.25, 0.3) is 0 Å². The van der Waals surface area contributed by atoms with Crippen molar-refractivity contribution in [1.82, 2.24) is 9.78 Å². The van der Waals surface area contributed by atoms with Crippen molar-refractivity contribution in [3.05, 3.63) is 52.8 Å². The van der Waals surface area contributed by atoms with E-state index in [1.165, 1.54) is 16.8 Å². The van der Waals surface area contributed by atoms with E-state index < -0.39 is 0 Å². The lowest BCUT2D eigenvalue weighted by Gasteiger charge is -2.31. The van der Waals surface area contributed by atoms with E-state index in [2.05, 4.69) is 43.2 Å². The van der Waals surface area contributed by atoms with E-state index in [1.54, 1.807) is 0 Å². The van der Waals surface area contributed by atoms with Crippen molar-refractivity contribution in [2.24, 2.45) is 7.05 Å². The molecular weight excluding hydrogens is 303 g/mol. The number of aromatic nitrogens is 2. The summed E-state index contributed by atoms with van der Waals surface area (Å²) in [6.45, 7) is 4.23. The third-order valence-corrected chi connectivity index (χ3v) is 5.16. The molecule has 1 heterocycles. The Kier molecular flexibility index (Phi) is 5.34. The number of halogens is 2. The van der Waals surface area contributed by atoms with Gasteiger partial charge in [0.05, 0.1) is 5.69 Å². The van der Waals surface area contributed by atoms with Crippen molar-refractivity contribution in [2.45, 2.75) is 32.1 Å². The minimum atomic E-state index is -0.257. The van der Waals surface area contributed by atoms with Gasteiger partial charge in [0.25, 0.3) is 0 Å². The van der Waals surface area contributed by atoms with E-state index in [4.69, 9.17) is 23.2 Å². The van der Waals surface area contributed by atoms with Crippen LogP contribution in [0.2, 0.25) is 0 Å². The van der Waals surface area contributed by atoms with Gasteiger partial charge in [-0.05, 0) is 30.5 Å². The Morgan fingerprint density at radius 2 is 1.86 bits per heavy atom. The SMILES string of the molecule is CCc1cc(CC(CCl)(CCl)c2ccccc2C)n(C)n1. The van der Waals surface area contributed by atoms with Gasteiger partial charge in [0.15, 0.2) is 0 Å². The first-order valence-corrected chi connectivity index (χ1v) is 8.33. The summed E-state index contributed by atoms with van der Waals surface area (Å²) in [6.07, 6.45) is 1.74. The van der Waals surface area contributed by atoms with Crippen molar-refractivity contribution in [3.8, 4) is 0 Å². The molecule has 2 rings (SSSR count). The molecule has 0 aliphatic carbocycles. The van der Waals surface area contributed by atoms with Crippen LogP contribution in [0.5, 0.6) is 0 Å². The first-order valence-electron chi connectivity index (χ1n) is 7.26. The Morgan fingerprint density at radius 3 is 2.38 bits per heavy atom. The second-order valence-electron chi connectivity index (χ2n) is 5.64. The molecule has 0 fully saturated rings. The lowest BCUT2D eigenvalue weighted by molar-refractivity contribution is 0.508. The van der Waals surface area contributed by atoms with E-state index in [0.29, 0.717) is 11.8 Å². The third-order valence-electron chi connectivity index (χ3n) is 4.14. The summed E-state index contributed by atoms with van der Waals surface area (Å²) >= 11 is 12.7. The summed E-state index contributed by atoms with van der Waals surface area (Å²) in [4.78, 5) is 0. The predicted molar refractivity (Wildman–Crippen MR) is 90.6 cm³/mol. The van der Waals surface area contributed by atoms with E-state index in [-0.39, 0.29) is 5.41 Å². The monoisotopic (exact) mass is 324 g/mol. The van der Waals surface area contributed by atoms with Gasteiger partial charge in [0.2, 0.25) is 0 Å². The summed E-state index contributed by atoms with van der Waals surface area (Å²) < 4.78 is 1.95. The zero-order chi connectivity index (χ0) is 15.5. The van der Waals surface area contributed by atoms with Crippen LogP contribution in [-0.4, -0.2) is 21.5 Å². The molecule has 0 radical (unpaired) electrons. The Morgan fingerprint density at radius 1 is 1.19 bits per heavy atom. The van der Waals surface area contributed by atoms with Crippen molar-refractivity contribution >= 4 is 23.2 Å². The second kappa shape index (κ2) is 6.85. The molecule has 1 aromatic carbocycles. The van der Waals surface area contributed by atoms with Crippen LogP contribution in [0.1, 0.15) is 29.4 Å². The minimum Gasteiger partial charge on any atom is -0.272 e. The van der Waals surface area contributed by atoms with Gasteiger partial charge in [-0.3, -0.25) is 4.68 Å². The molecule has 114 valence electrons. The largest absolute Gasteiger partial charge is 0.272 e. The molecule has 0 spiro atoms. The maximum absolute atomic E-state index is 6.36. The summed E-state index contributed by atoms with van der Waals surface area (Å²) in [5, 5.41) is 4.53. The maximum atomic E-state index is 6.36. The summed E-state index contributed by atoms with van der Waals surface area (Å²) in [6, 6.07) is 10.5. The van der Waals surface area contributed by atoms with Crippen molar-refractivity contribution in [3.63, 3.8) is 0 Å². The number of hydrogen-bond donors (Lipinski definition) is 0. The highest BCUT2D eigenvalue weighted by Gasteiger charge is 2.33. The third kappa shape index (κ3) is 3.27. The van der Waals surface area contributed by atoms with Gasteiger partial charge in [-0.15, -0.1) is 23.2 Å². The second-order valence-corrected chi connectivity index (χ2v) is 6.18. The number of hydrogen-bond acceptors (Lipinski definition) is 1. The Bertz CT molecular complexity index is 601. The molecule has 0 N–H and O–H groups in total. The van der Waals surface area contributed by atoms with Crippen LogP contribution in [-0.2, 0) is 25.3 Å². The molecular formula is C17H22Cl2N2. The molecule has 21 heavy (non-hydrogen) atoms. The molecule has 1 aromatic heterocycles. The predicted octanol–water partition coefficient (Wildman–Crippen LogP) is 4.25. The fourth-order valence-corrected chi connectivity index (χ4v) is 3.56. The quantitative estimate of drug-likeness (QED) is 0.726. The number of alkyl halides is 2. The smallest absolute Gasteiger partial charge is 0.0624 e. The Balaban J connectivity index is 2.43. The van der Waals surface area contributed by atoms with E-state index in [1.807, 2.05) is 17.8 Å². The van der Waals surface area contributed by atoms with E-state index in [9.17, 15) is 0 Å². The number of rotatable bonds is 6. The standard InChI is InChI=1S/C17H22Cl2N2/c1-4-14-9-15(21(3)20-14)10-17(11-18,12-19)16-8-6-5-7-13(16)2/h5-9H,4,10-12H2,1-3H3. The Hall–Kier alpha value is -0.990. The van der Waals surface area contributed by atoms with E-state index in [0.717, 1.165) is 18.5 Å². The van der Waals surface area contributed by atoms with Crippen LogP contribution in [0.4, 0.5) is 0 Å². The average molecular weight is 325 g/mol. The minimum absolute atomic E-state index is 0.257. The van der Waals surface area contributed by atoms with Gasteiger partial charge in [-0.25, -0.2) is 0 Å². The molecule has 4 heteroatoms. The molecule has 0 amide bonds. The van der Waals surface area contributed by atoms with Crippen molar-refractivity contribution in [2.75, 3.05) is 11.8 Å². The van der Waals surface area contributed by atoms with Crippen LogP contribution < -0.4 is 0 Å². The van der Waals surface area contributed by atoms with Gasteiger partial charge in [0.1, 0.15) is 0 Å². The molecule has 2 nitrogen and oxygen atoms in total. The molecule has 2 aromatic rings. The first kappa shape index (κ1) is 16.4. The molecule has 0 atom stereocenters. The fraction of sp³-hybridized carbons (Fsp3) is 0.471.